The molecule has 1 aliphatic heterocycles. The largest absolute Gasteiger partial charge is 0.488 e. The molecule has 0 radical (unpaired) electrons. The van der Waals surface area contributed by atoms with Crippen LogP contribution in [0.25, 0.3) is 0 Å². The van der Waals surface area contributed by atoms with Gasteiger partial charge in [0.25, 0.3) is 5.91 Å². The Hall–Kier alpha value is -3.61. The Kier molecular flexibility index (Phi) is 6.54. The monoisotopic (exact) mass is 434 g/mol. The number of nitrogens with zero attached hydrogens (tertiary/aromatic N) is 2. The molecular formula is C25H26N2O5. The molecule has 0 atom stereocenters. The van der Waals surface area contributed by atoms with E-state index in [1.165, 1.54) is 0 Å². The molecule has 0 saturated carbocycles. The van der Waals surface area contributed by atoms with Gasteiger partial charge in [-0.3, -0.25) is 4.79 Å². The van der Waals surface area contributed by atoms with Crippen LogP contribution in [0.2, 0.25) is 0 Å². The quantitative estimate of drug-likeness (QED) is 0.511. The van der Waals surface area contributed by atoms with Gasteiger partial charge in [0, 0.05) is 18.7 Å². The lowest BCUT2D eigenvalue weighted by molar-refractivity contribution is 0.0467. The summed E-state index contributed by atoms with van der Waals surface area (Å²) in [5.74, 6) is 0.699. The maximum Gasteiger partial charge on any atom is 0.342 e. The van der Waals surface area contributed by atoms with Crippen molar-refractivity contribution in [3.05, 3.63) is 82.2 Å². The Balaban J connectivity index is 1.36. The second kappa shape index (κ2) is 9.68. The van der Waals surface area contributed by atoms with Crippen LogP contribution in [0, 0.1) is 13.8 Å². The molecule has 1 amide bonds. The number of rotatable bonds is 7. The van der Waals surface area contributed by atoms with Crippen LogP contribution in [0.1, 0.15) is 56.1 Å². The molecule has 0 unspecified atom stereocenters. The van der Waals surface area contributed by atoms with Crippen LogP contribution in [0.4, 0.5) is 0 Å². The molecule has 1 saturated heterocycles. The Morgan fingerprint density at radius 3 is 2.41 bits per heavy atom. The molecule has 7 heteroatoms. The minimum atomic E-state index is -0.475. The first kappa shape index (κ1) is 21.6. The van der Waals surface area contributed by atoms with Crippen LogP contribution >= 0.6 is 0 Å². The van der Waals surface area contributed by atoms with Gasteiger partial charge in [-0.15, -0.1) is 0 Å². The van der Waals surface area contributed by atoms with Crippen molar-refractivity contribution in [2.24, 2.45) is 0 Å². The van der Waals surface area contributed by atoms with Crippen LogP contribution < -0.4 is 4.74 Å². The molecule has 0 aliphatic carbocycles. The summed E-state index contributed by atoms with van der Waals surface area (Å²) >= 11 is 0. The number of likely N-dealkylation sites (tertiary alicyclic amines) is 1. The fourth-order valence-corrected chi connectivity index (χ4v) is 3.69. The summed E-state index contributed by atoms with van der Waals surface area (Å²) in [6.07, 6.45) is 2.12. The van der Waals surface area contributed by atoms with Crippen molar-refractivity contribution in [2.45, 2.75) is 39.9 Å². The van der Waals surface area contributed by atoms with E-state index in [0.717, 1.165) is 42.8 Å². The van der Waals surface area contributed by atoms with Gasteiger partial charge in [-0.2, -0.15) is 0 Å². The summed E-state index contributed by atoms with van der Waals surface area (Å²) in [4.78, 5) is 27.0. The van der Waals surface area contributed by atoms with Gasteiger partial charge in [-0.25, -0.2) is 4.79 Å². The average Bonchev–Trinajstić information content (AvgIpc) is 3.46. The van der Waals surface area contributed by atoms with E-state index in [0.29, 0.717) is 22.6 Å². The molecule has 3 aromatic rings. The molecule has 166 valence electrons. The normalized spacial score (nSPS) is 13.2. The van der Waals surface area contributed by atoms with Gasteiger partial charge in [0.2, 0.25) is 0 Å². The lowest BCUT2D eigenvalue weighted by Crippen LogP contribution is -2.27. The standard InChI is InChI=1S/C25H26N2O5/c1-17-22(18(2)32-26-17)16-30-23-8-4-3-7-21(23)25(29)31-15-19-9-11-20(12-10-19)24(28)27-13-5-6-14-27/h3-4,7-12H,5-6,13-16H2,1-2H3. The van der Waals surface area contributed by atoms with Crippen molar-refractivity contribution in [3.8, 4) is 5.75 Å². The number of hydrogen-bond donors (Lipinski definition) is 0. The van der Waals surface area contributed by atoms with Gasteiger partial charge in [-0.1, -0.05) is 29.4 Å². The number of aryl methyl sites for hydroxylation is 2. The third-order valence-corrected chi connectivity index (χ3v) is 5.62. The summed E-state index contributed by atoms with van der Waals surface area (Å²) < 4.78 is 16.5. The van der Waals surface area contributed by atoms with E-state index in [1.807, 2.05) is 30.9 Å². The second-order valence-corrected chi connectivity index (χ2v) is 7.86. The number of carbonyl (C=O) groups excluding carboxylic acids is 2. The van der Waals surface area contributed by atoms with Gasteiger partial charge < -0.3 is 18.9 Å². The Morgan fingerprint density at radius 1 is 1.00 bits per heavy atom. The third kappa shape index (κ3) is 4.82. The van der Waals surface area contributed by atoms with Gasteiger partial charge in [0.1, 0.15) is 30.3 Å². The maximum absolute atomic E-state index is 12.7. The Bertz CT molecular complexity index is 1080. The zero-order chi connectivity index (χ0) is 22.5. The smallest absolute Gasteiger partial charge is 0.342 e. The van der Waals surface area contributed by atoms with E-state index in [-0.39, 0.29) is 19.1 Å². The number of benzene rings is 2. The lowest BCUT2D eigenvalue weighted by Gasteiger charge is -2.15. The van der Waals surface area contributed by atoms with E-state index >= 15 is 0 Å². The molecule has 1 aliphatic rings. The van der Waals surface area contributed by atoms with Crippen molar-refractivity contribution < 1.29 is 23.6 Å². The molecule has 1 fully saturated rings. The first-order valence-corrected chi connectivity index (χ1v) is 10.7. The molecule has 0 spiro atoms. The fourth-order valence-electron chi connectivity index (χ4n) is 3.69. The molecule has 7 nitrogen and oxygen atoms in total. The summed E-state index contributed by atoms with van der Waals surface area (Å²) in [7, 11) is 0. The van der Waals surface area contributed by atoms with Crippen molar-refractivity contribution in [1.29, 1.82) is 0 Å². The molecule has 0 bridgehead atoms. The number of para-hydroxylation sites is 1. The summed E-state index contributed by atoms with van der Waals surface area (Å²) in [5, 5.41) is 3.92. The number of aromatic nitrogens is 1. The SMILES string of the molecule is Cc1noc(C)c1COc1ccccc1C(=O)OCc1ccc(C(=O)N2CCCC2)cc1. The molecule has 2 aromatic carbocycles. The highest BCUT2D eigenvalue weighted by Gasteiger charge is 2.20. The van der Waals surface area contributed by atoms with Crippen molar-refractivity contribution >= 4 is 11.9 Å². The number of carbonyl (C=O) groups is 2. The van der Waals surface area contributed by atoms with Gasteiger partial charge in [0.15, 0.2) is 0 Å². The van der Waals surface area contributed by atoms with Gasteiger partial charge in [0.05, 0.1) is 11.3 Å². The fraction of sp³-hybridized carbons (Fsp3) is 0.320. The van der Waals surface area contributed by atoms with E-state index in [9.17, 15) is 9.59 Å². The van der Waals surface area contributed by atoms with Crippen LogP contribution in [-0.2, 0) is 18.0 Å². The third-order valence-electron chi connectivity index (χ3n) is 5.62. The lowest BCUT2D eigenvalue weighted by atomic mass is 10.1. The van der Waals surface area contributed by atoms with Crippen LogP contribution in [-0.4, -0.2) is 35.0 Å². The van der Waals surface area contributed by atoms with Crippen molar-refractivity contribution in [1.82, 2.24) is 10.1 Å². The summed E-state index contributed by atoms with van der Waals surface area (Å²) in [6.45, 7) is 5.65. The minimum Gasteiger partial charge on any atom is -0.488 e. The van der Waals surface area contributed by atoms with Crippen LogP contribution in [0.5, 0.6) is 5.75 Å². The molecule has 4 rings (SSSR count). The second-order valence-electron chi connectivity index (χ2n) is 7.86. The van der Waals surface area contributed by atoms with E-state index < -0.39 is 5.97 Å². The predicted molar refractivity (Wildman–Crippen MR) is 117 cm³/mol. The highest BCUT2D eigenvalue weighted by molar-refractivity contribution is 5.94. The van der Waals surface area contributed by atoms with Crippen molar-refractivity contribution in [3.63, 3.8) is 0 Å². The van der Waals surface area contributed by atoms with Crippen LogP contribution in [0.3, 0.4) is 0 Å². The first-order valence-electron chi connectivity index (χ1n) is 10.7. The van der Waals surface area contributed by atoms with Crippen molar-refractivity contribution in [2.75, 3.05) is 13.1 Å². The highest BCUT2D eigenvalue weighted by Crippen LogP contribution is 2.23. The number of esters is 1. The Labute approximate surface area is 186 Å². The zero-order valence-electron chi connectivity index (χ0n) is 18.3. The predicted octanol–water partition coefficient (Wildman–Crippen LogP) is 4.46. The average molecular weight is 434 g/mol. The molecule has 32 heavy (non-hydrogen) atoms. The Morgan fingerprint density at radius 2 is 1.72 bits per heavy atom. The zero-order valence-corrected chi connectivity index (χ0v) is 18.3. The van der Waals surface area contributed by atoms with E-state index in [2.05, 4.69) is 5.16 Å². The van der Waals surface area contributed by atoms with E-state index in [4.69, 9.17) is 14.0 Å². The summed E-state index contributed by atoms with van der Waals surface area (Å²) in [6, 6.07) is 14.2. The maximum atomic E-state index is 12.7. The van der Waals surface area contributed by atoms with E-state index in [1.54, 1.807) is 36.4 Å². The number of ether oxygens (including phenoxy) is 2. The summed E-state index contributed by atoms with van der Waals surface area (Å²) in [5.41, 5.74) is 3.43. The topological polar surface area (TPSA) is 81.9 Å². The van der Waals surface area contributed by atoms with Gasteiger partial charge >= 0.3 is 5.97 Å². The number of amides is 1. The highest BCUT2D eigenvalue weighted by atomic mass is 16.5. The minimum absolute atomic E-state index is 0.0513. The molecular weight excluding hydrogens is 408 g/mol. The van der Waals surface area contributed by atoms with Gasteiger partial charge in [-0.05, 0) is 56.5 Å². The first-order chi connectivity index (χ1) is 15.5. The van der Waals surface area contributed by atoms with Crippen LogP contribution in [0.15, 0.2) is 53.1 Å². The molecule has 2 heterocycles. The molecule has 1 aromatic heterocycles. The molecule has 0 N–H and O–H groups in total. The number of hydrogen-bond acceptors (Lipinski definition) is 6.